The molecule has 0 unspecified atom stereocenters. The third-order valence-electron chi connectivity index (χ3n) is 3.66. The lowest BCUT2D eigenvalue weighted by Gasteiger charge is -2.32. The molecule has 1 fully saturated rings. The van der Waals surface area contributed by atoms with Crippen molar-refractivity contribution < 1.29 is 9.53 Å². The van der Waals surface area contributed by atoms with Gasteiger partial charge in [0.25, 0.3) is 0 Å². The molecule has 3 rings (SSSR count). The number of hydrogen-bond donors (Lipinski definition) is 0. The van der Waals surface area contributed by atoms with Crippen molar-refractivity contribution in [1.29, 1.82) is 0 Å². The third-order valence-corrected chi connectivity index (χ3v) is 4.15. The number of fused-ring (bicyclic) bond motifs is 1. The number of hydrogen-bond acceptors (Lipinski definition) is 3. The van der Waals surface area contributed by atoms with E-state index in [-0.39, 0.29) is 6.04 Å². The predicted octanol–water partition coefficient (Wildman–Crippen LogP) is 3.14. The standard InChI is InChI=1S/C15H15BrN2O2/c16-11-1-2-14-13(9-11)15(3-6-17-14)18(10-19)12-4-7-20-8-5-12/h1-3,6,9-10,12H,4-5,7-8H2. The number of aromatic nitrogens is 1. The van der Waals surface area contributed by atoms with Crippen LogP contribution in [-0.4, -0.2) is 30.6 Å². The summed E-state index contributed by atoms with van der Waals surface area (Å²) in [4.78, 5) is 17.8. The Morgan fingerprint density at radius 2 is 2.10 bits per heavy atom. The molecular formula is C15H15BrN2O2. The zero-order valence-corrected chi connectivity index (χ0v) is 12.5. The second-order valence-electron chi connectivity index (χ2n) is 4.85. The van der Waals surface area contributed by atoms with Crippen molar-refractivity contribution in [3.63, 3.8) is 0 Å². The molecule has 0 spiro atoms. The number of benzene rings is 1. The number of halogens is 1. The summed E-state index contributed by atoms with van der Waals surface area (Å²) in [6, 6.07) is 8.02. The lowest BCUT2D eigenvalue weighted by Crippen LogP contribution is -2.38. The largest absolute Gasteiger partial charge is 0.381 e. The zero-order chi connectivity index (χ0) is 13.9. The maximum Gasteiger partial charge on any atom is 0.214 e. The fourth-order valence-electron chi connectivity index (χ4n) is 2.63. The highest BCUT2D eigenvalue weighted by atomic mass is 79.9. The van der Waals surface area contributed by atoms with Gasteiger partial charge in [-0.15, -0.1) is 0 Å². The van der Waals surface area contributed by atoms with Gasteiger partial charge in [0.1, 0.15) is 0 Å². The molecule has 1 aliphatic heterocycles. The summed E-state index contributed by atoms with van der Waals surface area (Å²) in [7, 11) is 0. The smallest absolute Gasteiger partial charge is 0.214 e. The molecule has 1 saturated heterocycles. The molecule has 1 aromatic carbocycles. The van der Waals surface area contributed by atoms with E-state index < -0.39 is 0 Å². The highest BCUT2D eigenvalue weighted by molar-refractivity contribution is 9.10. The number of pyridine rings is 1. The van der Waals surface area contributed by atoms with Crippen molar-refractivity contribution in [1.82, 2.24) is 4.98 Å². The van der Waals surface area contributed by atoms with E-state index in [4.69, 9.17) is 4.74 Å². The number of anilines is 1. The fourth-order valence-corrected chi connectivity index (χ4v) is 2.99. The van der Waals surface area contributed by atoms with Crippen molar-refractivity contribution in [2.24, 2.45) is 0 Å². The van der Waals surface area contributed by atoms with E-state index in [1.807, 2.05) is 29.2 Å². The van der Waals surface area contributed by atoms with Crippen LogP contribution in [-0.2, 0) is 9.53 Å². The third kappa shape index (κ3) is 2.55. The summed E-state index contributed by atoms with van der Waals surface area (Å²) in [5.74, 6) is 0. The van der Waals surface area contributed by atoms with Gasteiger partial charge in [0.15, 0.2) is 0 Å². The number of carbonyl (C=O) groups excluding carboxylic acids is 1. The molecule has 0 saturated carbocycles. The van der Waals surface area contributed by atoms with Crippen molar-refractivity contribution in [2.45, 2.75) is 18.9 Å². The topological polar surface area (TPSA) is 42.4 Å². The van der Waals surface area contributed by atoms with E-state index in [9.17, 15) is 4.79 Å². The number of ether oxygens (including phenoxy) is 1. The molecule has 1 aromatic heterocycles. The molecular weight excluding hydrogens is 320 g/mol. The van der Waals surface area contributed by atoms with Crippen LogP contribution in [0.2, 0.25) is 0 Å². The van der Waals surface area contributed by atoms with Crippen LogP contribution in [0.25, 0.3) is 10.9 Å². The summed E-state index contributed by atoms with van der Waals surface area (Å²) in [6.07, 6.45) is 4.42. The average Bonchev–Trinajstić information content (AvgIpc) is 2.49. The molecule has 0 atom stereocenters. The van der Waals surface area contributed by atoms with Gasteiger partial charge in [0.2, 0.25) is 6.41 Å². The maximum absolute atomic E-state index is 11.6. The molecule has 1 amide bonds. The fraction of sp³-hybridized carbons (Fsp3) is 0.333. The first-order valence-corrected chi connectivity index (χ1v) is 7.44. The highest BCUT2D eigenvalue weighted by Crippen LogP contribution is 2.30. The van der Waals surface area contributed by atoms with Crippen LogP contribution in [0.4, 0.5) is 5.69 Å². The van der Waals surface area contributed by atoms with Gasteiger partial charge in [0, 0.05) is 35.3 Å². The number of nitrogens with zero attached hydrogens (tertiary/aromatic N) is 2. The molecule has 4 nitrogen and oxygen atoms in total. The second-order valence-corrected chi connectivity index (χ2v) is 5.76. The number of rotatable bonds is 3. The van der Waals surface area contributed by atoms with E-state index in [0.29, 0.717) is 13.2 Å². The Morgan fingerprint density at radius 1 is 1.30 bits per heavy atom. The number of carbonyl (C=O) groups is 1. The van der Waals surface area contributed by atoms with E-state index >= 15 is 0 Å². The van der Waals surface area contributed by atoms with E-state index in [2.05, 4.69) is 20.9 Å². The normalized spacial score (nSPS) is 16.2. The van der Waals surface area contributed by atoms with Crippen LogP contribution in [0.5, 0.6) is 0 Å². The van der Waals surface area contributed by atoms with Crippen molar-refractivity contribution >= 4 is 38.9 Å². The van der Waals surface area contributed by atoms with Gasteiger partial charge in [-0.25, -0.2) is 0 Å². The summed E-state index contributed by atoms with van der Waals surface area (Å²) in [5, 5.41) is 0.987. The van der Waals surface area contributed by atoms with Crippen LogP contribution in [0.1, 0.15) is 12.8 Å². The lowest BCUT2D eigenvalue weighted by atomic mass is 10.1. The van der Waals surface area contributed by atoms with Crippen molar-refractivity contribution in [3.8, 4) is 0 Å². The Bertz CT molecular complexity index is 626. The van der Waals surface area contributed by atoms with E-state index in [1.54, 1.807) is 6.20 Å². The van der Waals surface area contributed by atoms with E-state index in [1.165, 1.54) is 0 Å². The Morgan fingerprint density at radius 3 is 2.85 bits per heavy atom. The monoisotopic (exact) mass is 334 g/mol. The van der Waals surface area contributed by atoms with Gasteiger partial charge >= 0.3 is 0 Å². The van der Waals surface area contributed by atoms with E-state index in [0.717, 1.165) is 40.3 Å². The molecule has 5 heteroatoms. The van der Waals surface area contributed by atoms with Crippen LogP contribution < -0.4 is 4.90 Å². The van der Waals surface area contributed by atoms with Gasteiger partial charge < -0.3 is 9.64 Å². The SMILES string of the molecule is O=CN(c1ccnc2ccc(Br)cc12)C1CCOCC1. The second kappa shape index (κ2) is 5.89. The van der Waals surface area contributed by atoms with Crippen LogP contribution >= 0.6 is 15.9 Å². The molecule has 104 valence electrons. The van der Waals surface area contributed by atoms with Gasteiger partial charge in [-0.1, -0.05) is 15.9 Å². The first-order chi connectivity index (χ1) is 9.79. The molecule has 20 heavy (non-hydrogen) atoms. The average molecular weight is 335 g/mol. The van der Waals surface area contributed by atoms with Gasteiger partial charge in [-0.2, -0.15) is 0 Å². The van der Waals surface area contributed by atoms with Crippen LogP contribution in [0.3, 0.4) is 0 Å². The summed E-state index contributed by atoms with van der Waals surface area (Å²) in [6.45, 7) is 1.42. The van der Waals surface area contributed by atoms with Gasteiger partial charge in [-0.05, 0) is 37.1 Å². The summed E-state index contributed by atoms with van der Waals surface area (Å²) in [5.41, 5.74) is 1.81. The van der Waals surface area contributed by atoms with Crippen molar-refractivity contribution in [3.05, 3.63) is 34.9 Å². The zero-order valence-electron chi connectivity index (χ0n) is 11.0. The van der Waals surface area contributed by atoms with Gasteiger partial charge in [0.05, 0.1) is 11.2 Å². The Labute approximate surface area is 125 Å². The lowest BCUT2D eigenvalue weighted by molar-refractivity contribution is -0.108. The Hall–Kier alpha value is -1.46. The molecule has 0 radical (unpaired) electrons. The quantitative estimate of drug-likeness (QED) is 0.810. The Balaban J connectivity index is 2.06. The molecule has 2 heterocycles. The molecule has 2 aromatic rings. The van der Waals surface area contributed by atoms with Crippen LogP contribution in [0, 0.1) is 0 Å². The predicted molar refractivity (Wildman–Crippen MR) is 81.8 cm³/mol. The number of amides is 1. The maximum atomic E-state index is 11.6. The minimum absolute atomic E-state index is 0.200. The highest BCUT2D eigenvalue weighted by Gasteiger charge is 2.23. The van der Waals surface area contributed by atoms with Crippen molar-refractivity contribution in [2.75, 3.05) is 18.1 Å². The first kappa shape index (κ1) is 13.5. The minimum Gasteiger partial charge on any atom is -0.381 e. The Kier molecular flexibility index (Phi) is 3.98. The van der Waals surface area contributed by atoms with Crippen LogP contribution in [0.15, 0.2) is 34.9 Å². The molecule has 1 aliphatic rings. The molecule has 0 aliphatic carbocycles. The summed E-state index contributed by atoms with van der Waals surface area (Å²) >= 11 is 3.48. The first-order valence-electron chi connectivity index (χ1n) is 6.65. The molecule has 0 N–H and O–H groups in total. The summed E-state index contributed by atoms with van der Waals surface area (Å²) < 4.78 is 6.36. The van der Waals surface area contributed by atoms with Gasteiger partial charge in [-0.3, -0.25) is 9.78 Å². The minimum atomic E-state index is 0.200. The molecule has 0 bridgehead atoms.